The molecule has 0 aliphatic rings. The molecule has 0 aliphatic heterocycles. The van der Waals surface area contributed by atoms with Crippen LogP contribution in [0.1, 0.15) is 17.8 Å². The van der Waals surface area contributed by atoms with Gasteiger partial charge in [0.15, 0.2) is 0 Å². The second kappa shape index (κ2) is 4.91. The Hall–Kier alpha value is -1.16. The summed E-state index contributed by atoms with van der Waals surface area (Å²) in [5.41, 5.74) is 1.95. The number of nitrogens with zero attached hydrogens (tertiary/aromatic N) is 2. The van der Waals surface area contributed by atoms with Gasteiger partial charge in [0, 0.05) is 32.1 Å². The number of hydrogen-bond acceptors (Lipinski definition) is 3. The summed E-state index contributed by atoms with van der Waals surface area (Å²) in [6, 6.07) is 1.96. The topological polar surface area (TPSA) is 46.9 Å². The Morgan fingerprint density at radius 3 is 2.86 bits per heavy atom. The van der Waals surface area contributed by atoms with E-state index in [1.807, 2.05) is 27.1 Å². The van der Waals surface area contributed by atoms with E-state index in [9.17, 15) is 4.79 Å². The smallest absolute Gasteiger partial charge is 0.140 e. The predicted octanol–water partition coefficient (Wildman–Crippen LogP) is 0.450. The van der Waals surface area contributed by atoms with E-state index in [0.29, 0.717) is 12.8 Å². The highest BCUT2D eigenvalue weighted by Gasteiger charge is 2.07. The van der Waals surface area contributed by atoms with Crippen LogP contribution in [0.2, 0.25) is 0 Å². The zero-order valence-electron chi connectivity index (χ0n) is 9.00. The monoisotopic (exact) mass is 195 g/mol. The van der Waals surface area contributed by atoms with Gasteiger partial charge in [-0.15, -0.1) is 0 Å². The molecule has 4 heteroatoms. The summed E-state index contributed by atoms with van der Waals surface area (Å²) in [7, 11) is 3.72. The maximum Gasteiger partial charge on any atom is 0.140 e. The Bertz CT molecular complexity index is 317. The Kier molecular flexibility index (Phi) is 3.83. The molecular formula is C10H17N3O. The molecule has 0 radical (unpaired) electrons. The Morgan fingerprint density at radius 2 is 2.36 bits per heavy atom. The largest absolute Gasteiger partial charge is 0.319 e. The number of aryl methyl sites for hydroxylation is 2. The van der Waals surface area contributed by atoms with Gasteiger partial charge in [0.25, 0.3) is 0 Å². The average molecular weight is 195 g/mol. The van der Waals surface area contributed by atoms with E-state index in [0.717, 1.165) is 17.9 Å². The molecule has 0 saturated carbocycles. The second-order valence-corrected chi connectivity index (χ2v) is 3.47. The molecule has 0 spiro atoms. The van der Waals surface area contributed by atoms with Crippen LogP contribution in [-0.2, 0) is 18.3 Å². The molecule has 0 aliphatic carbocycles. The summed E-state index contributed by atoms with van der Waals surface area (Å²) in [6.07, 6.45) is 1.07. The SMILES string of the molecule is CNCCC(=O)Cc1cc(C)nn1C. The summed E-state index contributed by atoms with van der Waals surface area (Å²) in [5.74, 6) is 0.252. The van der Waals surface area contributed by atoms with Crippen molar-refractivity contribution in [2.45, 2.75) is 19.8 Å². The van der Waals surface area contributed by atoms with Crippen molar-refractivity contribution in [3.8, 4) is 0 Å². The third-order valence-corrected chi connectivity index (χ3v) is 2.13. The molecule has 78 valence electrons. The fourth-order valence-electron chi connectivity index (χ4n) is 1.38. The summed E-state index contributed by atoms with van der Waals surface area (Å²) >= 11 is 0. The lowest BCUT2D eigenvalue weighted by Crippen LogP contribution is -2.15. The number of nitrogens with one attached hydrogen (secondary N) is 1. The number of Topliss-reactive ketones (excluding diaryl/α,β-unsaturated/α-hetero) is 1. The number of carbonyl (C=O) groups is 1. The van der Waals surface area contributed by atoms with Crippen LogP contribution in [-0.4, -0.2) is 29.2 Å². The minimum atomic E-state index is 0.252. The van der Waals surface area contributed by atoms with Crippen LogP contribution in [0.4, 0.5) is 0 Å². The summed E-state index contributed by atoms with van der Waals surface area (Å²) < 4.78 is 1.77. The van der Waals surface area contributed by atoms with Crippen LogP contribution >= 0.6 is 0 Å². The van der Waals surface area contributed by atoms with Gasteiger partial charge in [-0.25, -0.2) is 0 Å². The van der Waals surface area contributed by atoms with Gasteiger partial charge in [-0.05, 0) is 20.0 Å². The van der Waals surface area contributed by atoms with E-state index in [4.69, 9.17) is 0 Å². The number of aromatic nitrogens is 2. The van der Waals surface area contributed by atoms with Crippen molar-refractivity contribution in [3.63, 3.8) is 0 Å². The molecule has 4 nitrogen and oxygen atoms in total. The minimum Gasteiger partial charge on any atom is -0.319 e. The Labute approximate surface area is 84.3 Å². The van der Waals surface area contributed by atoms with E-state index < -0.39 is 0 Å². The van der Waals surface area contributed by atoms with Gasteiger partial charge < -0.3 is 5.32 Å². The first-order chi connectivity index (χ1) is 6.63. The molecule has 1 rings (SSSR count). The van der Waals surface area contributed by atoms with Crippen LogP contribution in [0.3, 0.4) is 0 Å². The second-order valence-electron chi connectivity index (χ2n) is 3.47. The number of ketones is 1. The van der Waals surface area contributed by atoms with Crippen LogP contribution < -0.4 is 5.32 Å². The first kappa shape index (κ1) is 10.9. The van der Waals surface area contributed by atoms with E-state index in [1.54, 1.807) is 4.68 Å². The molecule has 0 bridgehead atoms. The number of hydrogen-bond donors (Lipinski definition) is 1. The Balaban J connectivity index is 2.51. The predicted molar refractivity (Wildman–Crippen MR) is 55.2 cm³/mol. The zero-order chi connectivity index (χ0) is 10.6. The Morgan fingerprint density at radius 1 is 1.64 bits per heavy atom. The van der Waals surface area contributed by atoms with E-state index in [-0.39, 0.29) is 5.78 Å². The van der Waals surface area contributed by atoms with Crippen molar-refractivity contribution in [3.05, 3.63) is 17.5 Å². The highest BCUT2D eigenvalue weighted by molar-refractivity contribution is 5.80. The third-order valence-electron chi connectivity index (χ3n) is 2.13. The molecule has 0 fully saturated rings. The average Bonchev–Trinajstić information content (AvgIpc) is 2.42. The van der Waals surface area contributed by atoms with Crippen LogP contribution in [0, 0.1) is 6.92 Å². The van der Waals surface area contributed by atoms with E-state index in [2.05, 4.69) is 10.4 Å². The van der Waals surface area contributed by atoms with Crippen molar-refractivity contribution in [1.29, 1.82) is 0 Å². The molecule has 1 aromatic heterocycles. The lowest BCUT2D eigenvalue weighted by molar-refractivity contribution is -0.118. The quantitative estimate of drug-likeness (QED) is 0.742. The summed E-state index contributed by atoms with van der Waals surface area (Å²) in [5, 5.41) is 7.15. The lowest BCUT2D eigenvalue weighted by atomic mass is 10.1. The van der Waals surface area contributed by atoms with Crippen LogP contribution in [0.25, 0.3) is 0 Å². The molecule has 0 aromatic carbocycles. The van der Waals surface area contributed by atoms with Crippen molar-refractivity contribution in [2.24, 2.45) is 7.05 Å². The van der Waals surface area contributed by atoms with Gasteiger partial charge in [-0.3, -0.25) is 9.48 Å². The fraction of sp³-hybridized carbons (Fsp3) is 0.600. The van der Waals surface area contributed by atoms with Crippen LogP contribution in [0.15, 0.2) is 6.07 Å². The number of carbonyl (C=O) groups excluding carboxylic acids is 1. The molecule has 1 aromatic rings. The van der Waals surface area contributed by atoms with Gasteiger partial charge in [-0.2, -0.15) is 5.10 Å². The molecule has 14 heavy (non-hydrogen) atoms. The normalized spacial score (nSPS) is 10.5. The summed E-state index contributed by atoms with van der Waals surface area (Å²) in [6.45, 7) is 2.68. The highest BCUT2D eigenvalue weighted by Crippen LogP contribution is 2.03. The van der Waals surface area contributed by atoms with Crippen molar-refractivity contribution >= 4 is 5.78 Å². The molecule has 0 unspecified atom stereocenters. The van der Waals surface area contributed by atoms with Gasteiger partial charge in [0.2, 0.25) is 0 Å². The maximum atomic E-state index is 11.5. The van der Waals surface area contributed by atoms with Gasteiger partial charge in [0.05, 0.1) is 5.69 Å². The van der Waals surface area contributed by atoms with Crippen molar-refractivity contribution in [1.82, 2.24) is 15.1 Å². The molecule has 0 atom stereocenters. The highest BCUT2D eigenvalue weighted by atomic mass is 16.1. The van der Waals surface area contributed by atoms with Crippen molar-refractivity contribution < 1.29 is 4.79 Å². The number of rotatable bonds is 5. The van der Waals surface area contributed by atoms with Crippen molar-refractivity contribution in [2.75, 3.05) is 13.6 Å². The first-order valence-electron chi connectivity index (χ1n) is 4.79. The van der Waals surface area contributed by atoms with E-state index >= 15 is 0 Å². The standard InChI is InChI=1S/C10H17N3O/c1-8-6-9(13(3)12-8)7-10(14)4-5-11-2/h6,11H,4-5,7H2,1-3H3. The minimum absolute atomic E-state index is 0.252. The first-order valence-corrected chi connectivity index (χ1v) is 4.79. The van der Waals surface area contributed by atoms with Crippen LogP contribution in [0.5, 0.6) is 0 Å². The van der Waals surface area contributed by atoms with Gasteiger partial charge >= 0.3 is 0 Å². The zero-order valence-corrected chi connectivity index (χ0v) is 9.00. The summed E-state index contributed by atoms with van der Waals surface area (Å²) in [4.78, 5) is 11.5. The van der Waals surface area contributed by atoms with Gasteiger partial charge in [0.1, 0.15) is 5.78 Å². The molecule has 0 saturated heterocycles. The molecule has 1 heterocycles. The maximum absolute atomic E-state index is 11.5. The molecule has 1 N–H and O–H groups in total. The lowest BCUT2D eigenvalue weighted by Gasteiger charge is -2.00. The molecular weight excluding hydrogens is 178 g/mol. The third kappa shape index (κ3) is 2.96. The fourth-order valence-corrected chi connectivity index (χ4v) is 1.38. The van der Waals surface area contributed by atoms with Gasteiger partial charge in [-0.1, -0.05) is 0 Å². The van der Waals surface area contributed by atoms with E-state index in [1.165, 1.54) is 0 Å². The molecule has 0 amide bonds.